The Kier molecular flexibility index (Phi) is 5.44. The molecule has 0 aliphatic rings. The minimum atomic E-state index is -0.197. The standard InChI is InChI=1S/C22H27ClN2OSi/c1-21(2,3)20(22(4,5)26-27)17-9-7-14-12-16(8-6-15(14)13-17)18-10-11-19(23)25-24-18/h6-13,20H,1-5,27H3. The van der Waals surface area contributed by atoms with E-state index in [0.29, 0.717) is 11.1 Å². The van der Waals surface area contributed by atoms with Crippen LogP contribution in [0.25, 0.3) is 22.0 Å². The molecular formula is C22H27ClN2OSi. The lowest BCUT2D eigenvalue weighted by molar-refractivity contribution is 0.0405. The summed E-state index contributed by atoms with van der Waals surface area (Å²) in [6, 6.07) is 16.8. The Hall–Kier alpha value is -1.75. The summed E-state index contributed by atoms with van der Waals surface area (Å²) in [5.74, 6) is 0.300. The van der Waals surface area contributed by atoms with Crippen molar-refractivity contribution in [3.05, 3.63) is 59.2 Å². The molecule has 1 unspecified atom stereocenters. The van der Waals surface area contributed by atoms with Crippen molar-refractivity contribution in [1.82, 2.24) is 10.2 Å². The van der Waals surface area contributed by atoms with Gasteiger partial charge in [0.15, 0.2) is 5.15 Å². The summed E-state index contributed by atoms with van der Waals surface area (Å²) in [4.78, 5) is 0. The van der Waals surface area contributed by atoms with Gasteiger partial charge in [0.05, 0.1) is 11.3 Å². The molecule has 0 aliphatic heterocycles. The van der Waals surface area contributed by atoms with Crippen LogP contribution in [0.3, 0.4) is 0 Å². The quantitative estimate of drug-likeness (QED) is 0.569. The van der Waals surface area contributed by atoms with Crippen LogP contribution in [0.15, 0.2) is 48.5 Å². The maximum absolute atomic E-state index is 5.99. The van der Waals surface area contributed by atoms with Crippen molar-refractivity contribution in [2.45, 2.75) is 46.1 Å². The molecule has 1 aromatic heterocycles. The van der Waals surface area contributed by atoms with E-state index < -0.39 is 0 Å². The number of halogens is 1. The summed E-state index contributed by atoms with van der Waals surface area (Å²) in [6.07, 6.45) is 0. The van der Waals surface area contributed by atoms with Crippen molar-refractivity contribution in [1.29, 1.82) is 0 Å². The fourth-order valence-electron chi connectivity index (χ4n) is 4.14. The molecule has 0 bridgehead atoms. The summed E-state index contributed by atoms with van der Waals surface area (Å²) in [7, 11) is 0.725. The molecule has 1 heterocycles. The van der Waals surface area contributed by atoms with Crippen LogP contribution in [0.2, 0.25) is 5.15 Å². The van der Waals surface area contributed by atoms with Crippen molar-refractivity contribution in [3.8, 4) is 11.3 Å². The molecule has 3 nitrogen and oxygen atoms in total. The molecule has 2 aromatic carbocycles. The highest BCUT2D eigenvalue weighted by Gasteiger charge is 2.39. The third-order valence-electron chi connectivity index (χ3n) is 5.21. The lowest BCUT2D eigenvalue weighted by Gasteiger charge is -2.43. The van der Waals surface area contributed by atoms with Crippen molar-refractivity contribution >= 4 is 32.9 Å². The number of aromatic nitrogens is 2. The molecule has 0 radical (unpaired) electrons. The fourth-order valence-corrected chi connectivity index (χ4v) is 4.47. The average molecular weight is 399 g/mol. The van der Waals surface area contributed by atoms with Crippen molar-refractivity contribution in [2.75, 3.05) is 0 Å². The molecule has 0 fully saturated rings. The van der Waals surface area contributed by atoms with Crippen LogP contribution in [0.5, 0.6) is 0 Å². The lowest BCUT2D eigenvalue weighted by atomic mass is 9.68. The molecular weight excluding hydrogens is 372 g/mol. The van der Waals surface area contributed by atoms with Gasteiger partial charge < -0.3 is 4.43 Å². The zero-order valence-corrected chi connectivity index (χ0v) is 19.6. The summed E-state index contributed by atoms with van der Waals surface area (Å²) < 4.78 is 5.99. The van der Waals surface area contributed by atoms with E-state index in [4.69, 9.17) is 16.0 Å². The molecule has 27 heavy (non-hydrogen) atoms. The molecule has 0 saturated carbocycles. The Balaban J connectivity index is 2.05. The van der Waals surface area contributed by atoms with Crippen LogP contribution in [0.1, 0.15) is 46.1 Å². The van der Waals surface area contributed by atoms with E-state index in [2.05, 4.69) is 81.2 Å². The molecule has 5 heteroatoms. The van der Waals surface area contributed by atoms with Crippen molar-refractivity contribution in [2.24, 2.45) is 5.41 Å². The normalized spacial score (nSPS) is 13.9. The van der Waals surface area contributed by atoms with E-state index in [0.717, 1.165) is 21.7 Å². The second-order valence-electron chi connectivity index (χ2n) is 8.67. The summed E-state index contributed by atoms with van der Waals surface area (Å²) in [6.45, 7) is 11.2. The third-order valence-corrected chi connectivity index (χ3v) is 6.47. The third kappa shape index (κ3) is 4.23. The summed E-state index contributed by atoms with van der Waals surface area (Å²) in [5.41, 5.74) is 3.07. The van der Waals surface area contributed by atoms with Gasteiger partial charge in [-0.1, -0.05) is 62.7 Å². The first-order valence-electron chi connectivity index (χ1n) is 9.20. The van der Waals surface area contributed by atoms with Gasteiger partial charge in [-0.05, 0) is 53.8 Å². The highest BCUT2D eigenvalue weighted by Crippen LogP contribution is 2.45. The molecule has 0 N–H and O–H groups in total. The minimum absolute atomic E-state index is 0.0976. The summed E-state index contributed by atoms with van der Waals surface area (Å²) >= 11 is 5.85. The first kappa shape index (κ1) is 20.0. The van der Waals surface area contributed by atoms with E-state index >= 15 is 0 Å². The number of hydrogen-bond acceptors (Lipinski definition) is 3. The van der Waals surface area contributed by atoms with Crippen molar-refractivity contribution < 1.29 is 4.43 Å². The average Bonchev–Trinajstić information content (AvgIpc) is 2.60. The fraction of sp³-hybridized carbons (Fsp3) is 0.364. The molecule has 0 amide bonds. The second kappa shape index (κ2) is 7.34. The van der Waals surface area contributed by atoms with Crippen LogP contribution in [0, 0.1) is 5.41 Å². The molecule has 3 rings (SSSR count). The van der Waals surface area contributed by atoms with Crippen LogP contribution in [-0.4, -0.2) is 26.3 Å². The number of hydrogen-bond donors (Lipinski definition) is 0. The van der Waals surface area contributed by atoms with Gasteiger partial charge in [0.1, 0.15) is 10.5 Å². The van der Waals surface area contributed by atoms with Gasteiger partial charge in [-0.2, -0.15) is 0 Å². The molecule has 0 spiro atoms. The Morgan fingerprint density at radius 3 is 2.15 bits per heavy atom. The molecule has 3 aromatic rings. The van der Waals surface area contributed by atoms with Gasteiger partial charge in [-0.15, -0.1) is 10.2 Å². The van der Waals surface area contributed by atoms with E-state index in [1.807, 2.05) is 6.07 Å². The zero-order chi connectivity index (χ0) is 19.8. The molecule has 142 valence electrons. The number of fused-ring (bicyclic) bond motifs is 1. The molecule has 1 atom stereocenters. The van der Waals surface area contributed by atoms with E-state index in [1.165, 1.54) is 16.3 Å². The van der Waals surface area contributed by atoms with E-state index in [1.54, 1.807) is 6.07 Å². The SMILES string of the molecule is CC(C)(C)C(c1ccc2cc(-c3ccc(Cl)nn3)ccc2c1)C(C)(C)O[SiH3]. The molecule has 0 saturated heterocycles. The van der Waals surface area contributed by atoms with Gasteiger partial charge in [-0.25, -0.2) is 0 Å². The predicted molar refractivity (Wildman–Crippen MR) is 117 cm³/mol. The van der Waals surface area contributed by atoms with Gasteiger partial charge in [0.25, 0.3) is 0 Å². The maximum atomic E-state index is 5.99. The molecule has 0 aliphatic carbocycles. The van der Waals surface area contributed by atoms with Crippen LogP contribution in [0.4, 0.5) is 0 Å². The highest BCUT2D eigenvalue weighted by molar-refractivity contribution is 6.29. The lowest BCUT2D eigenvalue weighted by Crippen LogP contribution is -2.39. The zero-order valence-electron chi connectivity index (χ0n) is 16.9. The minimum Gasteiger partial charge on any atom is -0.422 e. The maximum Gasteiger partial charge on any atom is 0.151 e. The predicted octanol–water partition coefficient (Wildman–Crippen LogP) is 5.16. The van der Waals surface area contributed by atoms with Crippen LogP contribution in [-0.2, 0) is 4.43 Å². The van der Waals surface area contributed by atoms with E-state index in [9.17, 15) is 0 Å². The topological polar surface area (TPSA) is 35.0 Å². The first-order valence-corrected chi connectivity index (χ1v) is 10.4. The number of benzene rings is 2. The number of nitrogens with zero attached hydrogens (tertiary/aromatic N) is 2. The van der Waals surface area contributed by atoms with Gasteiger partial charge in [0, 0.05) is 11.5 Å². The van der Waals surface area contributed by atoms with Gasteiger partial charge in [-0.3, -0.25) is 0 Å². The Morgan fingerprint density at radius 1 is 0.889 bits per heavy atom. The van der Waals surface area contributed by atoms with Crippen LogP contribution < -0.4 is 0 Å². The largest absolute Gasteiger partial charge is 0.422 e. The van der Waals surface area contributed by atoms with E-state index in [-0.39, 0.29) is 11.0 Å². The monoisotopic (exact) mass is 398 g/mol. The second-order valence-corrected chi connectivity index (χ2v) is 9.46. The van der Waals surface area contributed by atoms with Gasteiger partial charge in [0.2, 0.25) is 0 Å². The Morgan fingerprint density at radius 2 is 1.56 bits per heavy atom. The first-order chi connectivity index (χ1) is 12.6. The summed E-state index contributed by atoms with van der Waals surface area (Å²) in [5, 5.41) is 10.9. The highest BCUT2D eigenvalue weighted by atomic mass is 35.5. The van der Waals surface area contributed by atoms with Crippen molar-refractivity contribution in [3.63, 3.8) is 0 Å². The smallest absolute Gasteiger partial charge is 0.151 e. The van der Waals surface area contributed by atoms with Crippen LogP contribution >= 0.6 is 11.6 Å². The Bertz CT molecular complexity index is 949. The van der Waals surface area contributed by atoms with Gasteiger partial charge >= 0.3 is 0 Å². The Labute approximate surface area is 169 Å². The number of rotatable bonds is 4.